The molecule has 0 aliphatic heterocycles. The topological polar surface area (TPSA) is 0 Å². The first-order valence-electron chi connectivity index (χ1n) is 3.80. The zero-order valence-electron chi connectivity index (χ0n) is 7.22. The van der Waals surface area contributed by atoms with E-state index in [0.717, 1.165) is 0 Å². The molecule has 0 spiro atoms. The Hall–Kier alpha value is 2.97. The summed E-state index contributed by atoms with van der Waals surface area (Å²) in [5, 5.41) is 0. The normalized spacial score (nSPS) is 14.0. The molecule has 0 bridgehead atoms. The molecule has 0 nitrogen and oxygen atoms in total. The van der Waals surface area contributed by atoms with Crippen LogP contribution in [0.15, 0.2) is 0 Å². The Morgan fingerprint density at radius 3 is 1.33 bits per heavy atom. The first-order chi connectivity index (χ1) is 6.49. The van der Waals surface area contributed by atoms with Gasteiger partial charge in [0.25, 0.3) is 7.42 Å². The maximum Gasteiger partial charge on any atom is 0.341 e. The molecule has 0 aromatic rings. The number of halogens is 8. The highest BCUT2D eigenvalue weighted by Crippen LogP contribution is 2.39. The molecule has 0 aliphatic rings. The quantitative estimate of drug-likeness (QED) is 0.370. The molecule has 0 N–H and O–H groups in total. The minimum atomic E-state index is -2.72. The predicted octanol–water partition coefficient (Wildman–Crippen LogP) is 5.88. The standard InChI is InChI=1S/C4H7Cl8Si3/c5-13(6)1-4(2-14(7,8)9)3-15(10,11)12/h4H,1-3H2. The van der Waals surface area contributed by atoms with Crippen molar-refractivity contribution >= 4 is 108 Å². The van der Waals surface area contributed by atoms with Gasteiger partial charge in [0.2, 0.25) is 0 Å². The number of hydrogen-bond acceptors (Lipinski definition) is 0. The monoisotopic (exact) mass is 419 g/mol. The van der Waals surface area contributed by atoms with Crippen LogP contribution in [0.3, 0.4) is 0 Å². The average molecular weight is 423 g/mol. The van der Waals surface area contributed by atoms with Gasteiger partial charge in [-0.15, -0.1) is 88.6 Å². The number of hydrogen-bond donors (Lipinski definition) is 0. The third-order valence-corrected chi connectivity index (χ3v) is 8.15. The van der Waals surface area contributed by atoms with Crippen molar-refractivity contribution in [2.75, 3.05) is 0 Å². The van der Waals surface area contributed by atoms with E-state index in [1.54, 1.807) is 0 Å². The van der Waals surface area contributed by atoms with Crippen molar-refractivity contribution in [2.45, 2.75) is 18.1 Å². The Bertz CT molecular complexity index is 169. The van der Waals surface area contributed by atoms with E-state index in [1.165, 1.54) is 0 Å². The molecule has 0 aromatic carbocycles. The Morgan fingerprint density at radius 2 is 1.13 bits per heavy atom. The van der Waals surface area contributed by atoms with E-state index in [2.05, 4.69) is 0 Å². The zero-order valence-corrected chi connectivity index (χ0v) is 16.3. The van der Waals surface area contributed by atoms with Gasteiger partial charge in [-0.2, -0.15) is 0 Å². The molecule has 0 unspecified atom stereocenters. The lowest BCUT2D eigenvalue weighted by Crippen LogP contribution is -2.23. The summed E-state index contributed by atoms with van der Waals surface area (Å²) in [6, 6.07) is -4.00. The number of rotatable bonds is 6. The molecule has 15 heavy (non-hydrogen) atoms. The molecule has 0 amide bonds. The van der Waals surface area contributed by atoms with Gasteiger partial charge in [0.15, 0.2) is 0 Å². The summed E-state index contributed by atoms with van der Waals surface area (Å²) in [6.07, 6.45) is 0. The lowest BCUT2D eigenvalue weighted by Gasteiger charge is -2.21. The van der Waals surface area contributed by atoms with Crippen LogP contribution in [0, 0.1) is 5.92 Å². The molecule has 11 heteroatoms. The highest BCUT2D eigenvalue weighted by atomic mass is 35.8. The minimum Gasteiger partial charge on any atom is -0.147 e. The van der Waals surface area contributed by atoms with Crippen LogP contribution in [0.25, 0.3) is 0 Å². The van der Waals surface area contributed by atoms with Gasteiger partial charge in [0.05, 0.1) is 0 Å². The molecule has 0 aliphatic carbocycles. The highest BCUT2D eigenvalue weighted by Gasteiger charge is 2.36. The molecule has 0 heterocycles. The maximum atomic E-state index is 5.82. The molecular formula is C4H7Cl8Si3. The van der Waals surface area contributed by atoms with Crippen molar-refractivity contribution in [3.05, 3.63) is 0 Å². The van der Waals surface area contributed by atoms with Crippen molar-refractivity contribution in [1.29, 1.82) is 0 Å². The summed E-state index contributed by atoms with van der Waals surface area (Å²) in [4.78, 5) is 0. The second-order valence-electron chi connectivity index (χ2n) is 3.05. The van der Waals surface area contributed by atoms with Crippen molar-refractivity contribution < 1.29 is 0 Å². The lowest BCUT2D eigenvalue weighted by molar-refractivity contribution is 0.721. The molecule has 0 rings (SSSR count). The summed E-state index contributed by atoms with van der Waals surface area (Å²) >= 11 is 46.5. The molecule has 0 saturated heterocycles. The second kappa shape index (κ2) is 7.53. The smallest absolute Gasteiger partial charge is 0.147 e. The van der Waals surface area contributed by atoms with Crippen molar-refractivity contribution in [1.82, 2.24) is 0 Å². The van der Waals surface area contributed by atoms with Crippen molar-refractivity contribution in [3.8, 4) is 0 Å². The molecule has 1 radical (unpaired) electrons. The van der Waals surface area contributed by atoms with Gasteiger partial charge >= 0.3 is 12.0 Å². The molecule has 0 atom stereocenters. The van der Waals surface area contributed by atoms with E-state index in [4.69, 9.17) is 88.6 Å². The van der Waals surface area contributed by atoms with Crippen molar-refractivity contribution in [3.63, 3.8) is 0 Å². The molecular weight excluding hydrogens is 416 g/mol. The van der Waals surface area contributed by atoms with Gasteiger partial charge in [0, 0.05) is 0 Å². The van der Waals surface area contributed by atoms with Crippen LogP contribution < -0.4 is 0 Å². The summed E-state index contributed by atoms with van der Waals surface area (Å²) in [5.74, 6) is 0.00669. The average Bonchev–Trinajstić information content (AvgIpc) is 1.73. The van der Waals surface area contributed by atoms with Gasteiger partial charge < -0.3 is 0 Å². The van der Waals surface area contributed by atoms with E-state index in [0.29, 0.717) is 18.1 Å². The third-order valence-electron chi connectivity index (χ3n) is 1.48. The van der Waals surface area contributed by atoms with Crippen LogP contribution in [0.5, 0.6) is 0 Å². The first kappa shape index (κ1) is 18.0. The predicted molar refractivity (Wildman–Crippen MR) is 82.0 cm³/mol. The van der Waals surface area contributed by atoms with E-state index in [-0.39, 0.29) is 5.92 Å². The van der Waals surface area contributed by atoms with Gasteiger partial charge in [-0.25, -0.2) is 0 Å². The van der Waals surface area contributed by atoms with E-state index >= 15 is 0 Å². The van der Waals surface area contributed by atoms with Gasteiger partial charge in [0.1, 0.15) is 0 Å². The van der Waals surface area contributed by atoms with E-state index in [9.17, 15) is 0 Å². The first-order valence-corrected chi connectivity index (χ1v) is 18.0. The minimum absolute atomic E-state index is 0.00669. The van der Waals surface area contributed by atoms with Crippen LogP contribution >= 0.6 is 88.6 Å². The van der Waals surface area contributed by atoms with Crippen LogP contribution in [0.1, 0.15) is 0 Å². The SMILES string of the molecule is Cl[Si](Cl)CC(C[Si](Cl)(Cl)Cl)C[Si](Cl)(Cl)Cl. The van der Waals surface area contributed by atoms with Gasteiger partial charge in [-0.1, -0.05) is 0 Å². The summed E-state index contributed by atoms with van der Waals surface area (Å²) in [7, 11) is -1.44. The van der Waals surface area contributed by atoms with E-state index in [1.807, 2.05) is 0 Å². The largest absolute Gasteiger partial charge is 0.341 e. The fraction of sp³-hybridized carbons (Fsp3) is 1.00. The molecule has 91 valence electrons. The highest BCUT2D eigenvalue weighted by molar-refractivity contribution is 7.65. The Morgan fingerprint density at radius 1 is 0.800 bits per heavy atom. The Kier molecular flexibility index (Phi) is 9.03. The second-order valence-corrected chi connectivity index (χ2v) is 25.8. The lowest BCUT2D eigenvalue weighted by atomic mass is 10.3. The fourth-order valence-corrected chi connectivity index (χ4v) is 9.80. The third kappa shape index (κ3) is 13.2. The van der Waals surface area contributed by atoms with Crippen LogP contribution in [0.2, 0.25) is 18.1 Å². The summed E-state index contributed by atoms with van der Waals surface area (Å²) in [6.45, 7) is 0. The van der Waals surface area contributed by atoms with Crippen LogP contribution in [0.4, 0.5) is 0 Å². The molecule has 0 aromatic heterocycles. The summed E-state index contributed by atoms with van der Waals surface area (Å²) in [5.41, 5.74) is 0. The van der Waals surface area contributed by atoms with Crippen LogP contribution in [-0.4, -0.2) is 19.4 Å². The fourth-order valence-electron chi connectivity index (χ4n) is 1.09. The summed E-state index contributed by atoms with van der Waals surface area (Å²) < 4.78 is 0. The van der Waals surface area contributed by atoms with E-state index < -0.39 is 19.4 Å². The zero-order chi connectivity index (χ0) is 12.3. The molecule has 0 saturated carbocycles. The van der Waals surface area contributed by atoms with Gasteiger partial charge in [-0.05, 0) is 24.1 Å². The van der Waals surface area contributed by atoms with Crippen molar-refractivity contribution in [2.24, 2.45) is 5.92 Å². The van der Waals surface area contributed by atoms with Gasteiger partial charge in [-0.3, -0.25) is 0 Å². The van der Waals surface area contributed by atoms with Crippen LogP contribution in [-0.2, 0) is 0 Å². The maximum absolute atomic E-state index is 5.82. The molecule has 0 fully saturated rings. The Balaban J connectivity index is 4.32. The Labute approximate surface area is 131 Å².